The van der Waals surface area contributed by atoms with Gasteiger partial charge in [0.2, 0.25) is 0 Å². The van der Waals surface area contributed by atoms with Crippen LogP contribution >= 0.6 is 12.4 Å². The smallest absolute Gasteiger partial charge is 0.491 e. The van der Waals surface area contributed by atoms with Crippen molar-refractivity contribution in [2.45, 2.75) is 11.5 Å². The molecule has 0 atom stereocenters. The first-order valence-corrected chi connectivity index (χ1v) is 7.89. The maximum atomic E-state index is 12.3. The predicted octanol–water partition coefficient (Wildman–Crippen LogP) is 0.415. The normalized spacial score (nSPS) is 13.3. The predicted molar refractivity (Wildman–Crippen MR) is 89.4 cm³/mol. The number of aromatic hydroxyl groups is 1. The summed E-state index contributed by atoms with van der Waals surface area (Å²) in [5.41, 5.74) is 7.32. The quantitative estimate of drug-likeness (QED) is 0.467. The average Bonchev–Trinajstić information content (AvgIpc) is 2.79. The molecule has 0 saturated carbocycles. The Bertz CT molecular complexity index is 846. The van der Waals surface area contributed by atoms with Crippen LogP contribution in [0.25, 0.3) is 0 Å². The molecule has 3 rings (SSSR count). The standard InChI is InChI=1S/C13H13BN2O5S.ClH/c15-9-2-4-13(12(17)5-9)22(19,20)16-10-3-1-8-7-21-14(18)11(8)6-10;/h1-6,16-18H,7,15H2;1H. The summed E-state index contributed by atoms with van der Waals surface area (Å²) in [5.74, 6) is -0.433. The van der Waals surface area contributed by atoms with Gasteiger partial charge in [0.15, 0.2) is 0 Å². The van der Waals surface area contributed by atoms with Crippen molar-refractivity contribution in [1.82, 2.24) is 0 Å². The van der Waals surface area contributed by atoms with E-state index in [0.717, 1.165) is 11.6 Å². The Labute approximate surface area is 139 Å². The first kappa shape index (κ1) is 17.4. The minimum absolute atomic E-state index is 0. The second kappa shape index (κ2) is 6.28. The van der Waals surface area contributed by atoms with E-state index in [-0.39, 0.29) is 35.3 Å². The van der Waals surface area contributed by atoms with Crippen LogP contribution in [0.15, 0.2) is 41.3 Å². The van der Waals surface area contributed by atoms with Gasteiger partial charge in [-0.2, -0.15) is 0 Å². The molecule has 0 radical (unpaired) electrons. The SMILES string of the molecule is Cl.Nc1ccc(S(=O)(=O)Nc2ccc3c(c2)B(O)OC3)c(O)c1. The van der Waals surface area contributed by atoms with Crippen molar-refractivity contribution in [3.05, 3.63) is 42.0 Å². The van der Waals surface area contributed by atoms with Gasteiger partial charge in [0.05, 0.1) is 6.61 Å². The van der Waals surface area contributed by atoms with Crippen LogP contribution in [-0.2, 0) is 21.3 Å². The average molecular weight is 357 g/mol. The highest BCUT2D eigenvalue weighted by atomic mass is 35.5. The summed E-state index contributed by atoms with van der Waals surface area (Å²) >= 11 is 0. The fourth-order valence-electron chi connectivity index (χ4n) is 2.25. The Morgan fingerprint density at radius 1 is 1.22 bits per heavy atom. The number of benzene rings is 2. The van der Waals surface area contributed by atoms with Crippen LogP contribution in [0.2, 0.25) is 0 Å². The zero-order chi connectivity index (χ0) is 15.9. The molecule has 7 nitrogen and oxygen atoms in total. The van der Waals surface area contributed by atoms with Crippen LogP contribution < -0.4 is 15.9 Å². The molecular formula is C13H14BClN2O5S. The molecule has 1 aliphatic heterocycles. The van der Waals surface area contributed by atoms with Gasteiger partial charge in [-0.3, -0.25) is 4.72 Å². The van der Waals surface area contributed by atoms with Gasteiger partial charge >= 0.3 is 7.12 Å². The molecule has 0 bridgehead atoms. The van der Waals surface area contributed by atoms with Gasteiger partial charge in [0.1, 0.15) is 10.6 Å². The number of nitrogens with two attached hydrogens (primary N) is 1. The number of halogens is 1. The lowest BCUT2D eigenvalue weighted by Gasteiger charge is -2.11. The lowest BCUT2D eigenvalue weighted by Crippen LogP contribution is -2.28. The van der Waals surface area contributed by atoms with Gasteiger partial charge in [-0.25, -0.2) is 8.42 Å². The molecule has 23 heavy (non-hydrogen) atoms. The van der Waals surface area contributed by atoms with Crippen LogP contribution in [0, 0.1) is 0 Å². The molecule has 0 amide bonds. The maximum absolute atomic E-state index is 12.3. The summed E-state index contributed by atoms with van der Waals surface area (Å²) < 4.78 is 32.0. The molecule has 0 spiro atoms. The van der Waals surface area contributed by atoms with E-state index < -0.39 is 22.9 Å². The number of fused-ring (bicyclic) bond motifs is 1. The van der Waals surface area contributed by atoms with E-state index in [2.05, 4.69) is 4.72 Å². The third-order valence-corrected chi connectivity index (χ3v) is 4.76. The molecule has 122 valence electrons. The summed E-state index contributed by atoms with van der Waals surface area (Å²) in [7, 11) is -5.04. The zero-order valence-corrected chi connectivity index (χ0v) is 13.4. The number of sulfonamides is 1. The van der Waals surface area contributed by atoms with Gasteiger partial charge in [-0.05, 0) is 35.3 Å². The van der Waals surface area contributed by atoms with E-state index in [4.69, 9.17) is 10.4 Å². The molecule has 1 heterocycles. The lowest BCUT2D eigenvalue weighted by molar-refractivity contribution is 0.275. The van der Waals surface area contributed by atoms with Crippen LogP contribution in [-0.4, -0.2) is 25.7 Å². The van der Waals surface area contributed by atoms with Crippen LogP contribution in [0.4, 0.5) is 11.4 Å². The Kier molecular flexibility index (Phi) is 4.76. The molecule has 2 aromatic carbocycles. The number of anilines is 2. The van der Waals surface area contributed by atoms with E-state index in [9.17, 15) is 18.5 Å². The molecule has 2 aromatic rings. The molecule has 0 aromatic heterocycles. The summed E-state index contributed by atoms with van der Waals surface area (Å²) in [6.07, 6.45) is 0. The first-order valence-electron chi connectivity index (χ1n) is 6.40. The van der Waals surface area contributed by atoms with E-state index in [1.807, 2.05) is 0 Å². The van der Waals surface area contributed by atoms with E-state index in [0.29, 0.717) is 5.46 Å². The van der Waals surface area contributed by atoms with Crippen LogP contribution in [0.1, 0.15) is 5.56 Å². The number of hydrogen-bond acceptors (Lipinski definition) is 6. The summed E-state index contributed by atoms with van der Waals surface area (Å²) in [5, 5.41) is 19.4. The van der Waals surface area contributed by atoms with E-state index in [1.54, 1.807) is 12.1 Å². The van der Waals surface area contributed by atoms with Gasteiger partial charge in [0.25, 0.3) is 10.0 Å². The minimum atomic E-state index is -3.97. The van der Waals surface area contributed by atoms with E-state index in [1.165, 1.54) is 18.2 Å². The molecular weight excluding hydrogens is 342 g/mol. The Morgan fingerprint density at radius 3 is 2.65 bits per heavy atom. The van der Waals surface area contributed by atoms with Crippen molar-refractivity contribution in [1.29, 1.82) is 0 Å². The fourth-order valence-corrected chi connectivity index (χ4v) is 3.38. The van der Waals surface area contributed by atoms with Crippen molar-refractivity contribution in [2.75, 3.05) is 10.5 Å². The first-order chi connectivity index (χ1) is 10.4. The molecule has 10 heteroatoms. The number of phenolic OH excluding ortho intramolecular Hbond substituents is 1. The summed E-state index contributed by atoms with van der Waals surface area (Å²) in [6.45, 7) is 0.280. The third-order valence-electron chi connectivity index (χ3n) is 3.33. The number of nitrogen functional groups attached to an aromatic ring is 1. The summed E-state index contributed by atoms with van der Waals surface area (Å²) in [4.78, 5) is -0.279. The second-order valence-electron chi connectivity index (χ2n) is 4.91. The highest BCUT2D eigenvalue weighted by molar-refractivity contribution is 7.92. The maximum Gasteiger partial charge on any atom is 0.491 e. The van der Waals surface area contributed by atoms with E-state index >= 15 is 0 Å². The molecule has 0 saturated heterocycles. The van der Waals surface area contributed by atoms with Gasteiger partial charge < -0.3 is 20.5 Å². The molecule has 0 unspecified atom stereocenters. The highest BCUT2D eigenvalue weighted by Crippen LogP contribution is 2.27. The molecule has 0 aliphatic carbocycles. The van der Waals surface area contributed by atoms with Crippen molar-refractivity contribution < 1.29 is 23.2 Å². The van der Waals surface area contributed by atoms with Crippen molar-refractivity contribution in [2.24, 2.45) is 0 Å². The fraction of sp³-hybridized carbons (Fsp3) is 0.0769. The molecule has 5 N–H and O–H groups in total. The Balaban J connectivity index is 0.00000192. The number of phenols is 1. The molecule has 1 aliphatic rings. The van der Waals surface area contributed by atoms with Crippen molar-refractivity contribution >= 4 is 46.4 Å². The third kappa shape index (κ3) is 3.37. The van der Waals surface area contributed by atoms with Gasteiger partial charge in [-0.15, -0.1) is 12.4 Å². The molecule has 0 fully saturated rings. The summed E-state index contributed by atoms with van der Waals surface area (Å²) in [6, 6.07) is 8.50. The van der Waals surface area contributed by atoms with Gasteiger partial charge in [-0.1, -0.05) is 6.07 Å². The topological polar surface area (TPSA) is 122 Å². The van der Waals surface area contributed by atoms with Crippen molar-refractivity contribution in [3.63, 3.8) is 0 Å². The van der Waals surface area contributed by atoms with Crippen LogP contribution in [0.3, 0.4) is 0 Å². The Morgan fingerprint density at radius 2 is 1.96 bits per heavy atom. The number of rotatable bonds is 3. The van der Waals surface area contributed by atoms with Crippen molar-refractivity contribution in [3.8, 4) is 5.75 Å². The lowest BCUT2D eigenvalue weighted by atomic mass is 9.79. The number of nitrogens with one attached hydrogen (secondary N) is 1. The minimum Gasteiger partial charge on any atom is -0.506 e. The van der Waals surface area contributed by atoms with Gasteiger partial charge in [0, 0.05) is 17.4 Å². The largest absolute Gasteiger partial charge is 0.506 e. The zero-order valence-electron chi connectivity index (χ0n) is 11.8. The number of hydrogen-bond donors (Lipinski definition) is 4. The monoisotopic (exact) mass is 356 g/mol. The highest BCUT2D eigenvalue weighted by Gasteiger charge is 2.28. The second-order valence-corrected chi connectivity index (χ2v) is 6.56. The van der Waals surface area contributed by atoms with Crippen LogP contribution in [0.5, 0.6) is 5.75 Å². The Hall–Kier alpha value is -1.94.